The molecular weight excluding hydrogens is 212 g/mol. The van der Waals surface area contributed by atoms with Crippen LogP contribution in [-0.4, -0.2) is 15.9 Å². The number of aliphatic hydroxyl groups is 1. The summed E-state index contributed by atoms with van der Waals surface area (Å²) in [5.74, 6) is -0.631. The van der Waals surface area contributed by atoms with E-state index in [0.29, 0.717) is 5.56 Å². The lowest BCUT2D eigenvalue weighted by Crippen LogP contribution is -2.05. The average Bonchev–Trinajstić information content (AvgIpc) is 2.25. The van der Waals surface area contributed by atoms with E-state index in [-0.39, 0.29) is 11.3 Å². The molecule has 1 aromatic rings. The van der Waals surface area contributed by atoms with Crippen LogP contribution in [0.2, 0.25) is 0 Å². The zero-order valence-corrected chi connectivity index (χ0v) is 8.29. The van der Waals surface area contributed by atoms with Crippen molar-refractivity contribution in [2.45, 2.75) is 6.61 Å². The molecule has 1 aromatic carbocycles. The van der Waals surface area contributed by atoms with Crippen molar-refractivity contribution in [1.82, 2.24) is 0 Å². The monoisotopic (exact) mass is 222 g/mol. The Morgan fingerprint density at radius 1 is 1.56 bits per heavy atom. The fourth-order valence-corrected chi connectivity index (χ4v) is 1.17. The van der Waals surface area contributed by atoms with Gasteiger partial charge in [0.25, 0.3) is 5.69 Å². The van der Waals surface area contributed by atoms with Gasteiger partial charge in [0.05, 0.1) is 17.1 Å². The summed E-state index contributed by atoms with van der Waals surface area (Å²) in [6.45, 7) is -0.407. The van der Waals surface area contributed by atoms with Gasteiger partial charge in [-0.05, 0) is 17.7 Å². The van der Waals surface area contributed by atoms with E-state index in [2.05, 4.69) is 0 Å². The molecule has 0 aromatic heterocycles. The van der Waals surface area contributed by atoms with Gasteiger partial charge in [-0.25, -0.2) is 0 Å². The number of hydrogen-bond donors (Lipinski definition) is 2. The molecule has 0 aliphatic rings. The van der Waals surface area contributed by atoms with E-state index < -0.39 is 17.4 Å². The Labute approximate surface area is 91.2 Å². The Balaban J connectivity index is 3.12. The smallest absolute Gasteiger partial charge is 0.275 e. The highest BCUT2D eigenvalue weighted by molar-refractivity contribution is 5.90. The fourth-order valence-electron chi connectivity index (χ4n) is 1.17. The number of hydrogen-bond acceptors (Lipinski definition) is 4. The van der Waals surface area contributed by atoms with Gasteiger partial charge in [0.2, 0.25) is 5.91 Å². The number of primary amides is 1. The number of nitro benzene ring substituents is 1. The Kier molecular flexibility index (Phi) is 3.73. The highest BCUT2D eigenvalue weighted by atomic mass is 16.6. The van der Waals surface area contributed by atoms with Crippen LogP contribution in [0.5, 0.6) is 0 Å². The van der Waals surface area contributed by atoms with E-state index in [9.17, 15) is 14.9 Å². The van der Waals surface area contributed by atoms with Crippen molar-refractivity contribution < 1.29 is 14.8 Å². The minimum atomic E-state index is -0.631. The largest absolute Gasteiger partial charge is 0.391 e. The summed E-state index contributed by atoms with van der Waals surface area (Å²) in [5.41, 5.74) is 5.41. The molecule has 0 heterocycles. The van der Waals surface area contributed by atoms with Crippen molar-refractivity contribution >= 4 is 17.7 Å². The maximum Gasteiger partial charge on any atom is 0.275 e. The van der Waals surface area contributed by atoms with Gasteiger partial charge < -0.3 is 10.8 Å². The van der Waals surface area contributed by atoms with Crippen LogP contribution >= 0.6 is 0 Å². The standard InChI is InChI=1S/C10H10N2O4/c11-10(14)4-2-7-1-3-8(6-13)9(5-7)12(15)16/h1-5,13H,6H2,(H2,11,14). The number of amides is 1. The molecule has 0 aliphatic heterocycles. The number of nitro groups is 1. The summed E-state index contributed by atoms with van der Waals surface area (Å²) < 4.78 is 0. The van der Waals surface area contributed by atoms with Crippen LogP contribution in [0.1, 0.15) is 11.1 Å². The Morgan fingerprint density at radius 3 is 2.75 bits per heavy atom. The molecule has 0 fully saturated rings. The highest BCUT2D eigenvalue weighted by Crippen LogP contribution is 2.20. The third kappa shape index (κ3) is 2.89. The Hall–Kier alpha value is -2.21. The molecule has 0 radical (unpaired) electrons. The number of carbonyl (C=O) groups is 1. The van der Waals surface area contributed by atoms with Crippen molar-refractivity contribution in [1.29, 1.82) is 0 Å². The summed E-state index contributed by atoms with van der Waals surface area (Å²) in [4.78, 5) is 20.5. The number of benzene rings is 1. The topological polar surface area (TPSA) is 106 Å². The number of rotatable bonds is 4. The van der Waals surface area contributed by atoms with E-state index in [1.54, 1.807) is 6.07 Å². The molecule has 0 spiro atoms. The second-order valence-corrected chi connectivity index (χ2v) is 3.04. The van der Waals surface area contributed by atoms with Gasteiger partial charge in [0.1, 0.15) is 0 Å². The lowest BCUT2D eigenvalue weighted by molar-refractivity contribution is -0.385. The molecular formula is C10H10N2O4. The van der Waals surface area contributed by atoms with E-state index >= 15 is 0 Å². The molecule has 1 amide bonds. The van der Waals surface area contributed by atoms with Crippen LogP contribution in [0.25, 0.3) is 6.08 Å². The first-order valence-corrected chi connectivity index (χ1v) is 4.40. The lowest BCUT2D eigenvalue weighted by Gasteiger charge is -2.00. The van der Waals surface area contributed by atoms with Gasteiger partial charge in [-0.3, -0.25) is 14.9 Å². The molecule has 6 nitrogen and oxygen atoms in total. The van der Waals surface area contributed by atoms with Crippen LogP contribution < -0.4 is 5.73 Å². The van der Waals surface area contributed by atoms with Gasteiger partial charge in [0, 0.05) is 12.1 Å². The normalized spacial score (nSPS) is 10.6. The third-order valence-electron chi connectivity index (χ3n) is 1.92. The molecule has 0 bridgehead atoms. The van der Waals surface area contributed by atoms with E-state index in [4.69, 9.17) is 10.8 Å². The van der Waals surface area contributed by atoms with Gasteiger partial charge in [-0.2, -0.15) is 0 Å². The molecule has 84 valence electrons. The van der Waals surface area contributed by atoms with Crippen LogP contribution in [0.3, 0.4) is 0 Å². The summed E-state index contributed by atoms with van der Waals surface area (Å²) in [7, 11) is 0. The quantitative estimate of drug-likeness (QED) is 0.441. The molecule has 0 aliphatic carbocycles. The van der Waals surface area contributed by atoms with Crippen LogP contribution in [0.15, 0.2) is 24.3 Å². The molecule has 16 heavy (non-hydrogen) atoms. The maximum absolute atomic E-state index is 10.6. The second kappa shape index (κ2) is 5.04. The third-order valence-corrected chi connectivity index (χ3v) is 1.92. The fraction of sp³-hybridized carbons (Fsp3) is 0.100. The SMILES string of the molecule is NC(=O)C=Cc1ccc(CO)c([N+](=O)[O-])c1. The first-order chi connectivity index (χ1) is 7.54. The first kappa shape index (κ1) is 11.9. The van der Waals surface area contributed by atoms with Crippen LogP contribution in [0, 0.1) is 10.1 Å². The van der Waals surface area contributed by atoms with Crippen molar-refractivity contribution in [3.8, 4) is 0 Å². The molecule has 6 heteroatoms. The number of nitrogens with zero attached hydrogens (tertiary/aromatic N) is 1. The minimum Gasteiger partial charge on any atom is -0.391 e. The van der Waals surface area contributed by atoms with Gasteiger partial charge in [-0.15, -0.1) is 0 Å². The van der Waals surface area contributed by atoms with Crippen molar-refractivity contribution in [3.63, 3.8) is 0 Å². The van der Waals surface area contributed by atoms with Crippen LogP contribution in [-0.2, 0) is 11.4 Å². The number of aliphatic hydroxyl groups excluding tert-OH is 1. The first-order valence-electron chi connectivity index (χ1n) is 4.40. The van der Waals surface area contributed by atoms with Gasteiger partial charge in [0.15, 0.2) is 0 Å². The van der Waals surface area contributed by atoms with Crippen molar-refractivity contribution in [3.05, 3.63) is 45.5 Å². The number of nitrogens with two attached hydrogens (primary N) is 1. The minimum absolute atomic E-state index is 0.186. The molecule has 3 N–H and O–H groups in total. The molecule has 1 rings (SSSR count). The second-order valence-electron chi connectivity index (χ2n) is 3.04. The molecule has 0 unspecified atom stereocenters. The lowest BCUT2D eigenvalue weighted by atomic mass is 10.1. The summed E-state index contributed by atoms with van der Waals surface area (Å²) in [6, 6.07) is 4.25. The predicted octanol–water partition coefficient (Wildman–Crippen LogP) is 0.586. The van der Waals surface area contributed by atoms with Crippen molar-refractivity contribution in [2.75, 3.05) is 0 Å². The summed E-state index contributed by atoms with van der Waals surface area (Å²) in [6.07, 6.45) is 2.48. The summed E-state index contributed by atoms with van der Waals surface area (Å²) in [5, 5.41) is 19.5. The molecule has 0 saturated carbocycles. The maximum atomic E-state index is 10.6. The average molecular weight is 222 g/mol. The van der Waals surface area contributed by atoms with Crippen molar-refractivity contribution in [2.24, 2.45) is 5.73 Å². The predicted molar refractivity (Wildman–Crippen MR) is 57.2 cm³/mol. The highest BCUT2D eigenvalue weighted by Gasteiger charge is 2.12. The van der Waals surface area contributed by atoms with Gasteiger partial charge in [-0.1, -0.05) is 6.07 Å². The zero-order valence-electron chi connectivity index (χ0n) is 8.29. The van der Waals surface area contributed by atoms with Gasteiger partial charge >= 0.3 is 0 Å². The summed E-state index contributed by atoms with van der Waals surface area (Å²) >= 11 is 0. The van der Waals surface area contributed by atoms with E-state index in [1.165, 1.54) is 18.2 Å². The van der Waals surface area contributed by atoms with Crippen LogP contribution in [0.4, 0.5) is 5.69 Å². The molecule has 0 saturated heterocycles. The number of carbonyl (C=O) groups excluding carboxylic acids is 1. The molecule has 0 atom stereocenters. The Bertz CT molecular complexity index is 454. The van der Waals surface area contributed by atoms with E-state index in [0.717, 1.165) is 6.08 Å². The zero-order chi connectivity index (χ0) is 12.1. The Morgan fingerprint density at radius 2 is 2.25 bits per heavy atom. The van der Waals surface area contributed by atoms with E-state index in [1.807, 2.05) is 0 Å².